The summed E-state index contributed by atoms with van der Waals surface area (Å²) in [7, 11) is 0. The van der Waals surface area contributed by atoms with Gasteiger partial charge in [0.25, 0.3) is 0 Å². The molecule has 0 unspecified atom stereocenters. The van der Waals surface area contributed by atoms with Gasteiger partial charge >= 0.3 is 18.2 Å². The molecule has 37 heavy (non-hydrogen) atoms. The number of carbonyl (C=O) groups excluding carboxylic acids is 2. The number of urea groups is 1. The molecule has 0 saturated heterocycles. The van der Waals surface area contributed by atoms with Crippen LogP contribution < -0.4 is 10.6 Å². The van der Waals surface area contributed by atoms with E-state index in [-0.39, 0.29) is 18.8 Å². The fraction of sp³-hybridized carbons (Fsp3) is 0.154. The number of hydrogen-bond acceptors (Lipinski definition) is 5. The van der Waals surface area contributed by atoms with E-state index < -0.39 is 23.7 Å². The van der Waals surface area contributed by atoms with E-state index in [0.29, 0.717) is 16.9 Å². The van der Waals surface area contributed by atoms with Gasteiger partial charge in [0.2, 0.25) is 0 Å². The van der Waals surface area contributed by atoms with Gasteiger partial charge in [-0.15, -0.1) is 0 Å². The van der Waals surface area contributed by atoms with E-state index in [1.807, 2.05) is 12.1 Å². The highest BCUT2D eigenvalue weighted by Gasteiger charge is 2.30. The molecule has 2 amide bonds. The van der Waals surface area contributed by atoms with Crippen molar-refractivity contribution in [3.63, 3.8) is 0 Å². The molecule has 0 atom stereocenters. The lowest BCUT2D eigenvalue weighted by Crippen LogP contribution is -2.19. The number of anilines is 2. The Balaban J connectivity index is 1.55. The maximum Gasteiger partial charge on any atom is 0.416 e. The minimum absolute atomic E-state index is 0.0700. The van der Waals surface area contributed by atoms with Gasteiger partial charge < -0.3 is 15.4 Å². The number of nitrogens with zero attached hydrogens (tertiary/aromatic N) is 3. The van der Waals surface area contributed by atoms with Gasteiger partial charge in [0.1, 0.15) is 12.2 Å². The lowest BCUT2D eigenvalue weighted by Gasteiger charge is -2.11. The average Bonchev–Trinajstić information content (AvgIpc) is 3.28. The topological polar surface area (TPSA) is 98.1 Å². The minimum atomic E-state index is -4.46. The summed E-state index contributed by atoms with van der Waals surface area (Å²) in [6.45, 7) is 1.91. The van der Waals surface area contributed by atoms with Crippen molar-refractivity contribution in [1.82, 2.24) is 14.8 Å². The van der Waals surface area contributed by atoms with Crippen molar-refractivity contribution in [2.24, 2.45) is 0 Å². The zero-order valence-corrected chi connectivity index (χ0v) is 19.6. The standard InChI is InChI=1S/C26H22F3N5O3/c1-2-37-23(35)16-34-15-22(17-10-12-30-13-11-17)24(33-34)18-4-3-5-21(14-18)32-25(36)31-20-8-6-19(7-9-20)26(27,28)29/h3-15H,2,16H2,1H3,(H2,31,32,36). The molecule has 0 radical (unpaired) electrons. The van der Waals surface area contributed by atoms with E-state index in [1.165, 1.54) is 16.8 Å². The summed E-state index contributed by atoms with van der Waals surface area (Å²) in [6.07, 6.45) is 0.565. The van der Waals surface area contributed by atoms with Crippen LogP contribution in [-0.2, 0) is 22.3 Å². The highest BCUT2D eigenvalue weighted by Crippen LogP contribution is 2.32. The van der Waals surface area contributed by atoms with Gasteiger partial charge in [0, 0.05) is 41.1 Å². The second kappa shape index (κ2) is 10.9. The number of amides is 2. The second-order valence-electron chi connectivity index (χ2n) is 7.86. The Hall–Kier alpha value is -4.67. The molecule has 4 rings (SSSR count). The van der Waals surface area contributed by atoms with Gasteiger partial charge in [-0.3, -0.25) is 14.5 Å². The molecule has 0 spiro atoms. The summed E-state index contributed by atoms with van der Waals surface area (Å²) >= 11 is 0. The molecule has 0 saturated carbocycles. The molecule has 4 aromatic rings. The largest absolute Gasteiger partial charge is 0.465 e. The van der Waals surface area contributed by atoms with E-state index in [1.54, 1.807) is 49.8 Å². The van der Waals surface area contributed by atoms with Crippen molar-refractivity contribution >= 4 is 23.4 Å². The Labute approximate surface area is 210 Å². The van der Waals surface area contributed by atoms with Crippen molar-refractivity contribution in [3.05, 3.63) is 84.8 Å². The van der Waals surface area contributed by atoms with E-state index >= 15 is 0 Å². The fourth-order valence-electron chi connectivity index (χ4n) is 3.58. The van der Waals surface area contributed by atoms with Crippen LogP contribution in [0, 0.1) is 0 Å². The van der Waals surface area contributed by atoms with E-state index in [9.17, 15) is 22.8 Å². The highest BCUT2D eigenvalue weighted by atomic mass is 19.4. The molecule has 2 aromatic heterocycles. The third-order valence-corrected chi connectivity index (χ3v) is 5.21. The molecule has 190 valence electrons. The first-order valence-electron chi connectivity index (χ1n) is 11.2. The van der Waals surface area contributed by atoms with Crippen LogP contribution in [0.15, 0.2) is 79.3 Å². The molecule has 2 heterocycles. The van der Waals surface area contributed by atoms with Crippen LogP contribution in [0.5, 0.6) is 0 Å². The Bertz CT molecular complexity index is 1390. The first-order valence-corrected chi connectivity index (χ1v) is 11.2. The van der Waals surface area contributed by atoms with Crippen LogP contribution in [0.2, 0.25) is 0 Å². The number of alkyl halides is 3. The van der Waals surface area contributed by atoms with Gasteiger partial charge in [-0.1, -0.05) is 12.1 Å². The molecule has 8 nitrogen and oxygen atoms in total. The van der Waals surface area contributed by atoms with Gasteiger partial charge in [-0.25, -0.2) is 4.79 Å². The minimum Gasteiger partial charge on any atom is -0.465 e. The van der Waals surface area contributed by atoms with Crippen LogP contribution >= 0.6 is 0 Å². The molecule has 2 N–H and O–H groups in total. The Morgan fingerprint density at radius 1 is 0.946 bits per heavy atom. The lowest BCUT2D eigenvalue weighted by molar-refractivity contribution is -0.144. The fourth-order valence-corrected chi connectivity index (χ4v) is 3.58. The van der Waals surface area contributed by atoms with E-state index in [0.717, 1.165) is 23.3 Å². The molecule has 0 aliphatic carbocycles. The molecule has 0 aliphatic rings. The number of hydrogen-bond donors (Lipinski definition) is 2. The number of esters is 1. The SMILES string of the molecule is CCOC(=O)Cn1cc(-c2ccncc2)c(-c2cccc(NC(=O)Nc3ccc(C(F)(F)F)cc3)c2)n1. The summed E-state index contributed by atoms with van der Waals surface area (Å²) < 4.78 is 44.8. The number of halogens is 3. The summed E-state index contributed by atoms with van der Waals surface area (Å²) in [6, 6.07) is 14.0. The van der Waals surface area contributed by atoms with Crippen molar-refractivity contribution in [2.75, 3.05) is 17.2 Å². The van der Waals surface area contributed by atoms with Crippen LogP contribution in [-0.4, -0.2) is 33.4 Å². The maximum atomic E-state index is 12.8. The first-order chi connectivity index (χ1) is 17.7. The monoisotopic (exact) mass is 509 g/mol. The molecule has 0 fully saturated rings. The number of pyridine rings is 1. The predicted molar refractivity (Wildman–Crippen MR) is 132 cm³/mol. The van der Waals surface area contributed by atoms with Crippen LogP contribution in [0.3, 0.4) is 0 Å². The van der Waals surface area contributed by atoms with E-state index in [4.69, 9.17) is 4.74 Å². The second-order valence-corrected chi connectivity index (χ2v) is 7.86. The quantitative estimate of drug-likeness (QED) is 0.305. The number of nitrogens with one attached hydrogen (secondary N) is 2. The van der Waals surface area contributed by atoms with Crippen LogP contribution in [0.25, 0.3) is 22.4 Å². The number of benzene rings is 2. The summed E-state index contributed by atoms with van der Waals surface area (Å²) in [5.74, 6) is -0.423. The number of ether oxygens (including phenoxy) is 1. The van der Waals surface area contributed by atoms with Gasteiger partial charge in [0.15, 0.2) is 0 Å². The third-order valence-electron chi connectivity index (χ3n) is 5.21. The average molecular weight is 509 g/mol. The molecule has 0 aliphatic heterocycles. The molecule has 2 aromatic carbocycles. The van der Waals surface area contributed by atoms with Gasteiger partial charge in [-0.2, -0.15) is 18.3 Å². The zero-order valence-electron chi connectivity index (χ0n) is 19.6. The highest BCUT2D eigenvalue weighted by molar-refractivity contribution is 6.00. The van der Waals surface area contributed by atoms with E-state index in [2.05, 4.69) is 20.7 Å². The normalized spacial score (nSPS) is 11.1. The summed E-state index contributed by atoms with van der Waals surface area (Å²) in [4.78, 5) is 28.5. The van der Waals surface area contributed by atoms with Crippen LogP contribution in [0.1, 0.15) is 12.5 Å². The number of aromatic nitrogens is 3. The van der Waals surface area contributed by atoms with Crippen LogP contribution in [0.4, 0.5) is 29.3 Å². The predicted octanol–water partition coefficient (Wildman–Crippen LogP) is 5.84. The molecular weight excluding hydrogens is 487 g/mol. The smallest absolute Gasteiger partial charge is 0.416 e. The van der Waals surface area contributed by atoms with Crippen molar-refractivity contribution in [2.45, 2.75) is 19.6 Å². The zero-order chi connectivity index (χ0) is 26.4. The Morgan fingerprint density at radius 3 is 2.32 bits per heavy atom. The Kier molecular flexibility index (Phi) is 7.52. The third kappa shape index (κ3) is 6.51. The van der Waals surface area contributed by atoms with Crippen molar-refractivity contribution < 1.29 is 27.5 Å². The summed E-state index contributed by atoms with van der Waals surface area (Å²) in [5.41, 5.74) is 2.65. The van der Waals surface area contributed by atoms with Crippen molar-refractivity contribution in [3.8, 4) is 22.4 Å². The Morgan fingerprint density at radius 2 is 1.65 bits per heavy atom. The lowest BCUT2D eigenvalue weighted by atomic mass is 10.0. The molecule has 0 bridgehead atoms. The number of rotatable bonds is 7. The van der Waals surface area contributed by atoms with Gasteiger partial charge in [0.05, 0.1) is 12.2 Å². The molecular formula is C26H22F3N5O3. The maximum absolute atomic E-state index is 12.8. The first kappa shape index (κ1) is 25.4. The van der Waals surface area contributed by atoms with Crippen molar-refractivity contribution in [1.29, 1.82) is 0 Å². The summed E-state index contributed by atoms with van der Waals surface area (Å²) in [5, 5.41) is 9.75. The number of carbonyl (C=O) groups is 2. The van der Waals surface area contributed by atoms with Gasteiger partial charge in [-0.05, 0) is 61.0 Å². The molecule has 11 heteroatoms.